The number of allylic oxidation sites excluding steroid dienone is 1. The summed E-state index contributed by atoms with van der Waals surface area (Å²) in [5, 5.41) is 31.6. The van der Waals surface area contributed by atoms with E-state index in [1.54, 1.807) is 19.1 Å². The Bertz CT molecular complexity index is 1060. The molecule has 0 heterocycles. The van der Waals surface area contributed by atoms with Crippen LogP contribution in [-0.2, 0) is 16.1 Å². The van der Waals surface area contributed by atoms with Crippen molar-refractivity contribution >= 4 is 5.78 Å². The zero-order valence-electron chi connectivity index (χ0n) is 20.6. The smallest absolute Gasteiger partial charge is 0.169 e. The predicted molar refractivity (Wildman–Crippen MR) is 128 cm³/mol. The van der Waals surface area contributed by atoms with Crippen molar-refractivity contribution in [3.05, 3.63) is 47.0 Å². The van der Waals surface area contributed by atoms with Gasteiger partial charge in [0.2, 0.25) is 0 Å². The third-order valence-electron chi connectivity index (χ3n) is 10.5. The van der Waals surface area contributed by atoms with E-state index in [1.165, 1.54) is 5.57 Å². The van der Waals surface area contributed by atoms with Crippen molar-refractivity contribution in [1.82, 2.24) is 0 Å². The highest BCUT2D eigenvalue weighted by atomic mass is 16.6. The number of aliphatic hydroxyl groups is 2. The molecule has 1 aromatic carbocycles. The standard InChI is InChI=1S/C29H37NO4/c1-19(31)29(33)13-11-25-23-9-8-22-16-28(32,34-18-21-6-4-20(17-30)5-7-21)15-14-26(22,2)24(23)10-12-27(25,29)3/h4-8,23-25,32-33H,9-16,18H2,1-3H3/t23-,24+,25+,26+,27+,28-,29+/m1/s1. The van der Waals surface area contributed by atoms with E-state index in [0.29, 0.717) is 49.2 Å². The first-order chi connectivity index (χ1) is 16.0. The summed E-state index contributed by atoms with van der Waals surface area (Å²) in [5.74, 6) is 0.117. The Kier molecular flexibility index (Phi) is 5.59. The summed E-state index contributed by atoms with van der Waals surface area (Å²) in [7, 11) is 0. The molecule has 5 heteroatoms. The molecule has 3 saturated carbocycles. The molecule has 0 radical (unpaired) electrons. The van der Waals surface area contributed by atoms with Crippen molar-refractivity contribution in [3.8, 4) is 6.07 Å². The van der Waals surface area contributed by atoms with Gasteiger partial charge in [0.1, 0.15) is 5.60 Å². The zero-order valence-corrected chi connectivity index (χ0v) is 20.6. The van der Waals surface area contributed by atoms with Gasteiger partial charge < -0.3 is 14.9 Å². The van der Waals surface area contributed by atoms with E-state index < -0.39 is 11.4 Å². The summed E-state index contributed by atoms with van der Waals surface area (Å²) in [4.78, 5) is 12.4. The lowest BCUT2D eigenvalue weighted by Crippen LogP contribution is -2.57. The van der Waals surface area contributed by atoms with Gasteiger partial charge in [-0.25, -0.2) is 0 Å². The number of ketones is 1. The van der Waals surface area contributed by atoms with Crippen molar-refractivity contribution in [2.24, 2.45) is 28.6 Å². The molecule has 182 valence electrons. The van der Waals surface area contributed by atoms with Crippen LogP contribution in [0.15, 0.2) is 35.9 Å². The quantitative estimate of drug-likeness (QED) is 0.482. The number of carbonyl (C=O) groups excluding carboxylic acids is 1. The number of nitrogens with zero attached hydrogens (tertiary/aromatic N) is 1. The summed E-state index contributed by atoms with van der Waals surface area (Å²) in [6, 6.07) is 9.43. The van der Waals surface area contributed by atoms with Crippen molar-refractivity contribution in [2.45, 2.75) is 90.1 Å². The summed E-state index contributed by atoms with van der Waals surface area (Å²) in [6.45, 7) is 6.40. The third kappa shape index (κ3) is 3.41. The molecule has 5 nitrogen and oxygen atoms in total. The highest BCUT2D eigenvalue weighted by Gasteiger charge is 2.65. The Labute approximate surface area is 202 Å². The zero-order chi connectivity index (χ0) is 24.4. The Balaban J connectivity index is 1.33. The maximum Gasteiger partial charge on any atom is 0.169 e. The molecule has 0 aliphatic heterocycles. The van der Waals surface area contributed by atoms with Crippen LogP contribution < -0.4 is 0 Å². The van der Waals surface area contributed by atoms with Crippen LogP contribution in [0.3, 0.4) is 0 Å². The fourth-order valence-electron chi connectivity index (χ4n) is 8.23. The molecule has 0 unspecified atom stereocenters. The van der Waals surface area contributed by atoms with E-state index in [2.05, 4.69) is 26.0 Å². The average Bonchev–Trinajstić information content (AvgIpc) is 3.11. The van der Waals surface area contributed by atoms with E-state index in [4.69, 9.17) is 10.00 Å². The summed E-state index contributed by atoms with van der Waals surface area (Å²) >= 11 is 0. The predicted octanol–water partition coefficient (Wildman–Crippen LogP) is 5.05. The second-order valence-corrected chi connectivity index (χ2v) is 11.9. The normalized spacial score (nSPS) is 43.2. The summed E-state index contributed by atoms with van der Waals surface area (Å²) < 4.78 is 6.06. The van der Waals surface area contributed by atoms with Crippen LogP contribution in [0, 0.1) is 39.9 Å². The molecule has 1 aromatic rings. The maximum absolute atomic E-state index is 12.4. The molecule has 4 aliphatic rings. The average molecular weight is 464 g/mol. The van der Waals surface area contributed by atoms with E-state index in [9.17, 15) is 15.0 Å². The second-order valence-electron chi connectivity index (χ2n) is 11.9. The number of nitriles is 1. The maximum atomic E-state index is 12.4. The first-order valence-electron chi connectivity index (χ1n) is 12.8. The van der Waals surface area contributed by atoms with Gasteiger partial charge in [-0.15, -0.1) is 0 Å². The molecule has 0 bridgehead atoms. The summed E-state index contributed by atoms with van der Waals surface area (Å²) in [5.41, 5.74) is 1.40. The summed E-state index contributed by atoms with van der Waals surface area (Å²) in [6.07, 6.45) is 8.71. The van der Waals surface area contributed by atoms with Gasteiger partial charge in [-0.1, -0.05) is 37.6 Å². The molecule has 2 N–H and O–H groups in total. The first-order valence-corrected chi connectivity index (χ1v) is 12.8. The molecule has 5 rings (SSSR count). The van der Waals surface area contributed by atoms with E-state index in [-0.39, 0.29) is 16.6 Å². The van der Waals surface area contributed by atoms with Gasteiger partial charge in [0.25, 0.3) is 0 Å². The molecule has 0 amide bonds. The molecule has 4 aliphatic carbocycles. The molecule has 34 heavy (non-hydrogen) atoms. The Morgan fingerprint density at radius 3 is 2.47 bits per heavy atom. The number of hydrogen-bond acceptors (Lipinski definition) is 5. The van der Waals surface area contributed by atoms with E-state index in [1.807, 2.05) is 12.1 Å². The number of benzene rings is 1. The number of carbonyl (C=O) groups is 1. The fourth-order valence-corrected chi connectivity index (χ4v) is 8.23. The molecule has 0 saturated heterocycles. The molecule has 0 spiro atoms. The van der Waals surface area contributed by atoms with Crippen LogP contribution in [0.1, 0.15) is 83.3 Å². The molecular formula is C29H37NO4. The van der Waals surface area contributed by atoms with Gasteiger partial charge in [-0.05, 0) is 86.3 Å². The Hall–Kier alpha value is -2.00. The largest absolute Gasteiger partial charge is 0.382 e. The van der Waals surface area contributed by atoms with Crippen molar-refractivity contribution < 1.29 is 19.7 Å². The van der Waals surface area contributed by atoms with Crippen LogP contribution in [0.4, 0.5) is 0 Å². The molecule has 3 fully saturated rings. The minimum absolute atomic E-state index is 0.0329. The third-order valence-corrected chi connectivity index (χ3v) is 10.5. The molecule has 0 aromatic heterocycles. The van der Waals surface area contributed by atoms with Gasteiger partial charge in [-0.3, -0.25) is 4.79 Å². The number of Topliss-reactive ketones (excluding diaryl/α,β-unsaturated/α-hetero) is 1. The van der Waals surface area contributed by atoms with Crippen molar-refractivity contribution in [2.75, 3.05) is 0 Å². The van der Waals surface area contributed by atoms with Crippen molar-refractivity contribution in [1.29, 1.82) is 5.26 Å². The van der Waals surface area contributed by atoms with E-state index in [0.717, 1.165) is 37.7 Å². The minimum Gasteiger partial charge on any atom is -0.382 e. The fraction of sp³-hybridized carbons (Fsp3) is 0.655. The minimum atomic E-state index is -1.18. The van der Waals surface area contributed by atoms with Crippen LogP contribution in [0.25, 0.3) is 0 Å². The van der Waals surface area contributed by atoms with Gasteiger partial charge in [0, 0.05) is 18.3 Å². The van der Waals surface area contributed by atoms with Gasteiger partial charge in [0.05, 0.1) is 18.2 Å². The number of ether oxygens (including phenoxy) is 1. The number of rotatable bonds is 4. The monoisotopic (exact) mass is 463 g/mol. The van der Waals surface area contributed by atoms with Crippen LogP contribution in [0.5, 0.6) is 0 Å². The second kappa shape index (κ2) is 8.01. The number of hydrogen-bond donors (Lipinski definition) is 2. The van der Waals surface area contributed by atoms with Gasteiger partial charge in [0.15, 0.2) is 11.6 Å². The van der Waals surface area contributed by atoms with Crippen molar-refractivity contribution in [3.63, 3.8) is 0 Å². The van der Waals surface area contributed by atoms with Crippen LogP contribution >= 0.6 is 0 Å². The first kappa shape index (κ1) is 23.7. The highest BCUT2D eigenvalue weighted by Crippen LogP contribution is 2.67. The van der Waals surface area contributed by atoms with Gasteiger partial charge in [-0.2, -0.15) is 5.26 Å². The lowest BCUT2D eigenvalue weighted by molar-refractivity contribution is -0.232. The lowest BCUT2D eigenvalue weighted by Gasteiger charge is -2.59. The Morgan fingerprint density at radius 1 is 1.09 bits per heavy atom. The lowest BCUT2D eigenvalue weighted by atomic mass is 9.46. The topological polar surface area (TPSA) is 90.6 Å². The van der Waals surface area contributed by atoms with Crippen LogP contribution in [0.2, 0.25) is 0 Å². The van der Waals surface area contributed by atoms with E-state index >= 15 is 0 Å². The highest BCUT2D eigenvalue weighted by molar-refractivity contribution is 5.86. The molecule has 7 atom stereocenters. The van der Waals surface area contributed by atoms with Crippen LogP contribution in [-0.4, -0.2) is 27.4 Å². The Morgan fingerprint density at radius 2 is 1.79 bits per heavy atom. The number of fused-ring (bicyclic) bond motifs is 5. The van der Waals surface area contributed by atoms with Gasteiger partial charge >= 0.3 is 0 Å². The SMILES string of the molecule is CC(=O)[C@@]1(O)CC[C@H]2[C@@H]3CC=C4C[C@](O)(OCc5ccc(C#N)cc5)CC[C@]4(C)[C@H]3CC[C@@]21C. The molecular weight excluding hydrogens is 426 g/mol.